The molecular weight excluding hydrogens is 368 g/mol. The fourth-order valence-corrected chi connectivity index (χ4v) is 3.95. The minimum Gasteiger partial charge on any atom is -0.477 e. The Bertz CT molecular complexity index is 831. The summed E-state index contributed by atoms with van der Waals surface area (Å²) in [5.41, 5.74) is 0.493. The van der Waals surface area contributed by atoms with Crippen LogP contribution in [0.5, 0.6) is 5.88 Å². The summed E-state index contributed by atoms with van der Waals surface area (Å²) >= 11 is 6.17. The maximum absolute atomic E-state index is 12.8. The second-order valence-corrected chi connectivity index (χ2v) is 7.22. The summed E-state index contributed by atoms with van der Waals surface area (Å²) in [5, 5.41) is 12.4. The molecule has 8 nitrogen and oxygen atoms in total. The standard InChI is InChI=1S/C18H23ClN6O2/c1-2-27-17-14(19)9-13(10-21-17)18(26)24-6-3-12(4-7-24)16-23-22-15-11-20-5-8-25(15)16/h9-10,12,20H,2-8,11H2,1H3. The highest BCUT2D eigenvalue weighted by atomic mass is 35.5. The molecule has 0 bridgehead atoms. The van der Waals surface area contributed by atoms with Crippen molar-refractivity contribution in [3.63, 3.8) is 0 Å². The van der Waals surface area contributed by atoms with Crippen LogP contribution in [0.2, 0.25) is 5.02 Å². The van der Waals surface area contributed by atoms with Crippen LogP contribution in [-0.4, -0.2) is 56.8 Å². The summed E-state index contributed by atoms with van der Waals surface area (Å²) in [6, 6.07) is 1.63. The number of pyridine rings is 1. The average molecular weight is 391 g/mol. The van der Waals surface area contributed by atoms with Gasteiger partial charge in [0.2, 0.25) is 5.88 Å². The Morgan fingerprint density at radius 1 is 1.33 bits per heavy atom. The summed E-state index contributed by atoms with van der Waals surface area (Å²) in [7, 11) is 0. The highest BCUT2D eigenvalue weighted by Gasteiger charge is 2.29. The maximum Gasteiger partial charge on any atom is 0.255 e. The van der Waals surface area contributed by atoms with Gasteiger partial charge >= 0.3 is 0 Å². The van der Waals surface area contributed by atoms with E-state index in [9.17, 15) is 4.79 Å². The second kappa shape index (κ2) is 7.82. The highest BCUT2D eigenvalue weighted by Crippen LogP contribution is 2.29. The van der Waals surface area contributed by atoms with Gasteiger partial charge < -0.3 is 19.5 Å². The molecule has 144 valence electrons. The molecule has 4 rings (SSSR count). The van der Waals surface area contributed by atoms with E-state index in [1.807, 2.05) is 11.8 Å². The lowest BCUT2D eigenvalue weighted by atomic mass is 9.95. The summed E-state index contributed by atoms with van der Waals surface area (Å²) in [6.07, 6.45) is 3.30. The molecule has 27 heavy (non-hydrogen) atoms. The monoisotopic (exact) mass is 390 g/mol. The molecule has 2 aliphatic heterocycles. The van der Waals surface area contributed by atoms with Gasteiger partial charge in [0.1, 0.15) is 16.7 Å². The van der Waals surface area contributed by atoms with Crippen molar-refractivity contribution in [1.29, 1.82) is 0 Å². The number of carbonyl (C=O) groups excluding carboxylic acids is 1. The van der Waals surface area contributed by atoms with Gasteiger partial charge in [-0.25, -0.2) is 4.98 Å². The summed E-state index contributed by atoms with van der Waals surface area (Å²) in [6.45, 7) is 6.35. The van der Waals surface area contributed by atoms with Crippen molar-refractivity contribution in [2.75, 3.05) is 26.2 Å². The number of ether oxygens (including phenoxy) is 1. The number of halogens is 1. The Morgan fingerprint density at radius 3 is 2.89 bits per heavy atom. The number of carbonyl (C=O) groups is 1. The van der Waals surface area contributed by atoms with Gasteiger partial charge in [0.25, 0.3) is 5.91 Å². The van der Waals surface area contributed by atoms with Crippen molar-refractivity contribution in [3.05, 3.63) is 34.5 Å². The lowest BCUT2D eigenvalue weighted by molar-refractivity contribution is 0.0709. The van der Waals surface area contributed by atoms with E-state index >= 15 is 0 Å². The maximum atomic E-state index is 12.8. The first-order chi connectivity index (χ1) is 13.2. The molecule has 2 aromatic heterocycles. The summed E-state index contributed by atoms with van der Waals surface area (Å²) < 4.78 is 7.56. The number of rotatable bonds is 4. The van der Waals surface area contributed by atoms with Crippen molar-refractivity contribution in [2.45, 2.75) is 38.8 Å². The van der Waals surface area contributed by atoms with Crippen LogP contribution in [0, 0.1) is 0 Å². The van der Waals surface area contributed by atoms with Crippen molar-refractivity contribution in [1.82, 2.24) is 30.0 Å². The van der Waals surface area contributed by atoms with Crippen LogP contribution in [0.1, 0.15) is 47.7 Å². The van der Waals surface area contributed by atoms with Gasteiger partial charge in [-0.05, 0) is 25.8 Å². The summed E-state index contributed by atoms with van der Waals surface area (Å²) in [4.78, 5) is 18.8. The normalized spacial score (nSPS) is 17.6. The number of amides is 1. The van der Waals surface area contributed by atoms with Gasteiger partial charge in [0.15, 0.2) is 0 Å². The Kier molecular flexibility index (Phi) is 5.27. The zero-order chi connectivity index (χ0) is 18.8. The molecule has 0 spiro atoms. The van der Waals surface area contributed by atoms with Crippen LogP contribution in [-0.2, 0) is 13.1 Å². The van der Waals surface area contributed by atoms with E-state index in [1.54, 1.807) is 6.07 Å². The Hall–Kier alpha value is -2.19. The Morgan fingerprint density at radius 2 is 2.15 bits per heavy atom. The van der Waals surface area contributed by atoms with E-state index in [1.165, 1.54) is 6.20 Å². The predicted octanol–water partition coefficient (Wildman–Crippen LogP) is 1.85. The lowest BCUT2D eigenvalue weighted by Gasteiger charge is -2.32. The van der Waals surface area contributed by atoms with E-state index in [4.69, 9.17) is 16.3 Å². The molecule has 1 saturated heterocycles. The SMILES string of the molecule is CCOc1ncc(C(=O)N2CCC(c3nnc4n3CCNC4)CC2)cc1Cl. The van der Waals surface area contributed by atoms with Crippen molar-refractivity contribution < 1.29 is 9.53 Å². The lowest BCUT2D eigenvalue weighted by Crippen LogP contribution is -2.39. The van der Waals surface area contributed by atoms with E-state index in [-0.39, 0.29) is 5.91 Å². The number of piperidine rings is 1. The fourth-order valence-electron chi connectivity index (χ4n) is 3.73. The minimum absolute atomic E-state index is 0.0432. The van der Waals surface area contributed by atoms with Crippen LogP contribution in [0.25, 0.3) is 0 Å². The predicted molar refractivity (Wildman–Crippen MR) is 100 cm³/mol. The van der Waals surface area contributed by atoms with Crippen molar-refractivity contribution in [3.8, 4) is 5.88 Å². The zero-order valence-corrected chi connectivity index (χ0v) is 16.1. The average Bonchev–Trinajstić information content (AvgIpc) is 3.13. The van der Waals surface area contributed by atoms with Gasteiger partial charge in [0, 0.05) is 38.3 Å². The first-order valence-corrected chi connectivity index (χ1v) is 9.75. The molecule has 0 aliphatic carbocycles. The van der Waals surface area contributed by atoms with Crippen molar-refractivity contribution >= 4 is 17.5 Å². The third-order valence-electron chi connectivity index (χ3n) is 5.13. The summed E-state index contributed by atoms with van der Waals surface area (Å²) in [5.74, 6) is 2.73. The molecule has 0 unspecified atom stereocenters. The third-order valence-corrected chi connectivity index (χ3v) is 5.40. The minimum atomic E-state index is -0.0432. The van der Waals surface area contributed by atoms with Gasteiger partial charge in [-0.2, -0.15) is 0 Å². The fraction of sp³-hybridized carbons (Fsp3) is 0.556. The highest BCUT2D eigenvalue weighted by molar-refractivity contribution is 6.32. The largest absolute Gasteiger partial charge is 0.477 e. The van der Waals surface area contributed by atoms with Crippen molar-refractivity contribution in [2.24, 2.45) is 0 Å². The van der Waals surface area contributed by atoms with Crippen LogP contribution >= 0.6 is 11.6 Å². The number of hydrogen-bond acceptors (Lipinski definition) is 6. The first-order valence-electron chi connectivity index (χ1n) is 9.37. The molecule has 0 saturated carbocycles. The molecule has 0 radical (unpaired) electrons. The Balaban J connectivity index is 1.41. The van der Waals surface area contributed by atoms with E-state index in [0.717, 1.165) is 44.1 Å². The van der Waals surface area contributed by atoms with E-state index < -0.39 is 0 Å². The Labute approximate surface area is 162 Å². The zero-order valence-electron chi connectivity index (χ0n) is 15.3. The van der Waals surface area contributed by atoms with Gasteiger partial charge in [0.05, 0.1) is 18.7 Å². The molecule has 1 amide bonds. The number of fused-ring (bicyclic) bond motifs is 1. The van der Waals surface area contributed by atoms with Gasteiger partial charge in [-0.3, -0.25) is 4.79 Å². The third kappa shape index (κ3) is 3.64. The van der Waals surface area contributed by atoms with Crippen LogP contribution in [0.3, 0.4) is 0 Å². The van der Waals surface area contributed by atoms with Crippen LogP contribution < -0.4 is 10.1 Å². The molecule has 1 fully saturated rings. The van der Waals surface area contributed by atoms with E-state index in [0.29, 0.717) is 42.1 Å². The molecular formula is C18H23ClN6O2. The molecule has 1 N–H and O–H groups in total. The quantitative estimate of drug-likeness (QED) is 0.857. The van der Waals surface area contributed by atoms with Gasteiger partial charge in [-0.15, -0.1) is 10.2 Å². The number of nitrogens with zero attached hydrogens (tertiary/aromatic N) is 5. The molecule has 4 heterocycles. The van der Waals surface area contributed by atoms with Gasteiger partial charge in [-0.1, -0.05) is 11.6 Å². The number of hydrogen-bond donors (Lipinski definition) is 1. The van der Waals surface area contributed by atoms with Crippen LogP contribution in [0.4, 0.5) is 0 Å². The second-order valence-electron chi connectivity index (χ2n) is 6.81. The topological polar surface area (TPSA) is 85.2 Å². The number of aromatic nitrogens is 4. The molecule has 0 aromatic carbocycles. The number of likely N-dealkylation sites (tertiary alicyclic amines) is 1. The first kappa shape index (κ1) is 18.2. The molecule has 9 heteroatoms. The van der Waals surface area contributed by atoms with E-state index in [2.05, 4.69) is 25.1 Å². The molecule has 2 aliphatic rings. The van der Waals surface area contributed by atoms with Crippen LogP contribution in [0.15, 0.2) is 12.3 Å². The number of nitrogens with one attached hydrogen (secondary N) is 1. The smallest absolute Gasteiger partial charge is 0.255 e. The molecule has 2 aromatic rings. The molecule has 0 atom stereocenters.